The topological polar surface area (TPSA) is 121 Å². The van der Waals surface area contributed by atoms with Crippen molar-refractivity contribution in [3.05, 3.63) is 54.0 Å². The third kappa shape index (κ3) is 3.77. The second-order valence-electron chi connectivity index (χ2n) is 8.75. The van der Waals surface area contributed by atoms with E-state index in [1.807, 2.05) is 16.8 Å². The minimum absolute atomic E-state index is 0.138. The van der Waals surface area contributed by atoms with E-state index in [1.54, 1.807) is 0 Å². The standard InChI is InChI=1S/C22H27N5O4S/c1-26(32(29,30)31)19-10-16(11-20(19)28)27-9-8-18-21(24-13-25-22(18)27)23-12-15-7-6-14-4-2-3-5-17(14)15/h2-5,8-9,13,15-16,19-20,28H,6-7,10-12H2,1H3,(H,23,24,25)(H,29,30,31)/t15-,16-,19+,20+/m1/s1. The summed E-state index contributed by atoms with van der Waals surface area (Å²) in [4.78, 5) is 8.90. The van der Waals surface area contributed by atoms with Crippen LogP contribution in [0.1, 0.15) is 42.3 Å². The lowest BCUT2D eigenvalue weighted by molar-refractivity contribution is 0.117. The van der Waals surface area contributed by atoms with E-state index in [4.69, 9.17) is 0 Å². The van der Waals surface area contributed by atoms with Crippen molar-refractivity contribution in [2.24, 2.45) is 0 Å². The van der Waals surface area contributed by atoms with E-state index < -0.39 is 22.4 Å². The number of aromatic nitrogens is 3. The summed E-state index contributed by atoms with van der Waals surface area (Å²) in [5, 5.41) is 14.8. The van der Waals surface area contributed by atoms with E-state index in [-0.39, 0.29) is 6.04 Å². The molecule has 2 heterocycles. The Labute approximate surface area is 187 Å². The van der Waals surface area contributed by atoms with Crippen LogP contribution in [0.4, 0.5) is 5.82 Å². The van der Waals surface area contributed by atoms with E-state index in [1.165, 1.54) is 24.5 Å². The zero-order valence-electron chi connectivity index (χ0n) is 17.8. The van der Waals surface area contributed by atoms with Gasteiger partial charge < -0.3 is 15.0 Å². The Bertz CT molecular complexity index is 1240. The van der Waals surface area contributed by atoms with Gasteiger partial charge in [-0.05, 0) is 42.9 Å². The molecule has 0 bridgehead atoms. The highest BCUT2D eigenvalue weighted by atomic mass is 32.2. The van der Waals surface area contributed by atoms with Crippen molar-refractivity contribution in [3.63, 3.8) is 0 Å². The van der Waals surface area contributed by atoms with Crippen LogP contribution in [-0.4, -0.2) is 62.7 Å². The minimum atomic E-state index is -4.37. The zero-order valence-corrected chi connectivity index (χ0v) is 18.6. The molecular weight excluding hydrogens is 430 g/mol. The molecule has 0 unspecified atom stereocenters. The van der Waals surface area contributed by atoms with Gasteiger partial charge in [0.05, 0.1) is 17.5 Å². The number of likely N-dealkylation sites (N-methyl/N-ethyl adjacent to an activating group) is 1. The highest BCUT2D eigenvalue weighted by Gasteiger charge is 2.40. The first-order valence-electron chi connectivity index (χ1n) is 10.8. The lowest BCUT2D eigenvalue weighted by atomic mass is 10.0. The number of rotatable bonds is 6. The van der Waals surface area contributed by atoms with E-state index in [0.717, 1.165) is 40.5 Å². The number of aliphatic hydroxyl groups is 1. The molecule has 2 aliphatic carbocycles. The number of benzene rings is 1. The van der Waals surface area contributed by atoms with Crippen molar-refractivity contribution in [3.8, 4) is 0 Å². The van der Waals surface area contributed by atoms with Gasteiger partial charge in [0.1, 0.15) is 17.8 Å². The first-order valence-corrected chi connectivity index (χ1v) is 12.2. The van der Waals surface area contributed by atoms with Gasteiger partial charge in [-0.25, -0.2) is 9.97 Å². The van der Waals surface area contributed by atoms with E-state index in [2.05, 4.69) is 39.6 Å². The largest absolute Gasteiger partial charge is 0.391 e. The van der Waals surface area contributed by atoms with Crippen molar-refractivity contribution >= 4 is 27.2 Å². The summed E-state index contributed by atoms with van der Waals surface area (Å²) in [6.45, 7) is 0.789. The molecule has 0 radical (unpaired) electrons. The Morgan fingerprint density at radius 3 is 2.84 bits per heavy atom. The van der Waals surface area contributed by atoms with Gasteiger partial charge in [-0.15, -0.1) is 0 Å². The van der Waals surface area contributed by atoms with Crippen molar-refractivity contribution < 1.29 is 18.1 Å². The summed E-state index contributed by atoms with van der Waals surface area (Å²) in [5.41, 5.74) is 3.56. The molecule has 2 aliphatic rings. The molecule has 3 aromatic rings. The van der Waals surface area contributed by atoms with Gasteiger partial charge in [-0.2, -0.15) is 12.7 Å². The van der Waals surface area contributed by atoms with Gasteiger partial charge in [-0.1, -0.05) is 24.3 Å². The maximum absolute atomic E-state index is 11.5. The van der Waals surface area contributed by atoms with Crippen LogP contribution < -0.4 is 5.32 Å². The molecule has 0 saturated heterocycles. The molecule has 0 aliphatic heterocycles. The highest BCUT2D eigenvalue weighted by Crippen LogP contribution is 2.37. The lowest BCUT2D eigenvalue weighted by Crippen LogP contribution is -2.41. The SMILES string of the molecule is CN([C@H]1C[C@@H](n2ccc3c(NC[C@H]4CCc5ccccc54)ncnc32)C[C@@H]1O)S(=O)(=O)O. The average molecular weight is 458 g/mol. The lowest BCUT2D eigenvalue weighted by Gasteiger charge is -2.23. The Balaban J connectivity index is 1.35. The second-order valence-corrected chi connectivity index (χ2v) is 10.2. The van der Waals surface area contributed by atoms with Crippen molar-refractivity contribution in [1.29, 1.82) is 0 Å². The van der Waals surface area contributed by atoms with Gasteiger partial charge in [0.15, 0.2) is 0 Å². The first-order chi connectivity index (χ1) is 15.3. The Hall–Kier alpha value is -2.53. The van der Waals surface area contributed by atoms with E-state index >= 15 is 0 Å². The second kappa shape index (κ2) is 8.11. The predicted molar refractivity (Wildman–Crippen MR) is 121 cm³/mol. The predicted octanol–water partition coefficient (Wildman–Crippen LogP) is 2.37. The van der Waals surface area contributed by atoms with Crippen LogP contribution >= 0.6 is 0 Å². The summed E-state index contributed by atoms with van der Waals surface area (Å²) in [6.07, 6.45) is 5.53. The van der Waals surface area contributed by atoms with Crippen molar-refractivity contribution in [2.45, 2.75) is 49.8 Å². The number of nitrogens with one attached hydrogen (secondary N) is 1. The Morgan fingerprint density at radius 2 is 2.03 bits per heavy atom. The molecule has 1 saturated carbocycles. The van der Waals surface area contributed by atoms with Crippen molar-refractivity contribution in [1.82, 2.24) is 18.8 Å². The summed E-state index contributed by atoms with van der Waals surface area (Å²) >= 11 is 0. The van der Waals surface area contributed by atoms with Gasteiger partial charge in [0.25, 0.3) is 0 Å². The van der Waals surface area contributed by atoms with Crippen LogP contribution in [0.15, 0.2) is 42.9 Å². The number of nitrogens with zero attached hydrogens (tertiary/aromatic N) is 4. The molecule has 0 amide bonds. The molecule has 1 aromatic carbocycles. The fourth-order valence-electron chi connectivity index (χ4n) is 5.24. The first kappa shape index (κ1) is 21.3. The third-order valence-electron chi connectivity index (χ3n) is 6.98. The molecule has 5 rings (SSSR count). The molecule has 2 aromatic heterocycles. The Morgan fingerprint density at radius 1 is 1.22 bits per heavy atom. The monoisotopic (exact) mass is 457 g/mol. The van der Waals surface area contributed by atoms with Crippen LogP contribution in [-0.2, 0) is 16.7 Å². The highest BCUT2D eigenvalue weighted by molar-refractivity contribution is 7.83. The summed E-state index contributed by atoms with van der Waals surface area (Å²) in [6, 6.07) is 9.70. The van der Waals surface area contributed by atoms with Crippen LogP contribution in [0, 0.1) is 0 Å². The maximum atomic E-state index is 11.5. The zero-order chi connectivity index (χ0) is 22.5. The van der Waals surface area contributed by atoms with Crippen molar-refractivity contribution in [2.75, 3.05) is 18.9 Å². The van der Waals surface area contributed by atoms with Gasteiger partial charge in [-0.3, -0.25) is 4.55 Å². The molecule has 10 heteroatoms. The fourth-order valence-corrected chi connectivity index (χ4v) is 5.81. The summed E-state index contributed by atoms with van der Waals surface area (Å²) < 4.78 is 35.2. The number of fused-ring (bicyclic) bond motifs is 2. The molecule has 3 N–H and O–H groups in total. The van der Waals surface area contributed by atoms with Crippen LogP contribution in [0.25, 0.3) is 11.0 Å². The summed E-state index contributed by atoms with van der Waals surface area (Å²) in [7, 11) is -3.09. The van der Waals surface area contributed by atoms with E-state index in [9.17, 15) is 18.1 Å². The number of aliphatic hydroxyl groups excluding tert-OH is 1. The quantitative estimate of drug-likeness (QED) is 0.486. The molecule has 9 nitrogen and oxygen atoms in total. The van der Waals surface area contributed by atoms with Gasteiger partial charge >= 0.3 is 10.3 Å². The molecule has 4 atom stereocenters. The number of anilines is 1. The van der Waals surface area contributed by atoms with Crippen LogP contribution in [0.5, 0.6) is 0 Å². The minimum Gasteiger partial charge on any atom is -0.391 e. The van der Waals surface area contributed by atoms with Gasteiger partial charge in [0, 0.05) is 31.7 Å². The van der Waals surface area contributed by atoms with Crippen LogP contribution in [0.2, 0.25) is 0 Å². The maximum Gasteiger partial charge on any atom is 0.335 e. The average Bonchev–Trinajstić information content (AvgIpc) is 3.47. The molecular formula is C22H27N5O4S. The normalized spacial score (nSPS) is 25.5. The molecule has 0 spiro atoms. The summed E-state index contributed by atoms with van der Waals surface area (Å²) in [5.74, 6) is 1.21. The smallest absolute Gasteiger partial charge is 0.335 e. The van der Waals surface area contributed by atoms with Crippen LogP contribution in [0.3, 0.4) is 0 Å². The molecule has 170 valence electrons. The number of aryl methyl sites for hydroxylation is 1. The fraction of sp³-hybridized carbons (Fsp3) is 0.455. The molecule has 32 heavy (non-hydrogen) atoms. The number of hydrogen-bond donors (Lipinski definition) is 3. The van der Waals surface area contributed by atoms with E-state index in [0.29, 0.717) is 18.8 Å². The number of hydrogen-bond acceptors (Lipinski definition) is 6. The molecule has 1 fully saturated rings. The van der Waals surface area contributed by atoms with Gasteiger partial charge in [0.2, 0.25) is 0 Å². The third-order valence-corrected chi connectivity index (χ3v) is 7.98. The Kier molecular flexibility index (Phi) is 5.40.